The number of nitrogens with zero attached hydrogens (tertiary/aromatic N) is 3. The molecule has 3 rings (SSSR count). The maximum Gasteiger partial charge on any atom is 0.254 e. The molecule has 1 fully saturated rings. The molecule has 2 atom stereocenters. The third-order valence-corrected chi connectivity index (χ3v) is 4.17. The Morgan fingerprint density at radius 2 is 2.09 bits per heavy atom. The number of halogens is 1. The zero-order valence-electron chi connectivity index (χ0n) is 13.0. The van der Waals surface area contributed by atoms with Crippen molar-refractivity contribution >= 4 is 18.3 Å². The van der Waals surface area contributed by atoms with Crippen molar-refractivity contribution in [2.75, 3.05) is 6.54 Å². The monoisotopic (exact) mass is 336 g/mol. The van der Waals surface area contributed by atoms with Gasteiger partial charge in [-0.05, 0) is 38.3 Å². The van der Waals surface area contributed by atoms with Crippen LogP contribution in [0.1, 0.15) is 36.5 Å². The summed E-state index contributed by atoms with van der Waals surface area (Å²) >= 11 is 0. The minimum Gasteiger partial charge on any atom is -0.342 e. The molecule has 0 radical (unpaired) electrons. The van der Waals surface area contributed by atoms with Gasteiger partial charge in [0.2, 0.25) is 12.2 Å². The van der Waals surface area contributed by atoms with Gasteiger partial charge >= 0.3 is 0 Å². The fourth-order valence-corrected chi connectivity index (χ4v) is 2.98. The Kier molecular flexibility index (Phi) is 5.74. The van der Waals surface area contributed by atoms with E-state index in [1.165, 1.54) is 6.39 Å². The van der Waals surface area contributed by atoms with Crippen molar-refractivity contribution in [3.8, 4) is 11.4 Å². The Morgan fingerprint density at radius 3 is 2.70 bits per heavy atom. The number of amides is 1. The largest absolute Gasteiger partial charge is 0.342 e. The van der Waals surface area contributed by atoms with Crippen LogP contribution in [-0.2, 0) is 0 Å². The normalized spacial score (nSPS) is 19.0. The van der Waals surface area contributed by atoms with E-state index in [4.69, 9.17) is 10.3 Å². The molecule has 2 heterocycles. The second kappa shape index (κ2) is 7.57. The summed E-state index contributed by atoms with van der Waals surface area (Å²) in [5, 5.41) is 3.79. The molecule has 0 aliphatic carbocycles. The smallest absolute Gasteiger partial charge is 0.254 e. The van der Waals surface area contributed by atoms with Crippen molar-refractivity contribution in [1.29, 1.82) is 0 Å². The average Bonchev–Trinajstić information content (AvgIpc) is 3.09. The highest BCUT2D eigenvalue weighted by molar-refractivity contribution is 5.95. The van der Waals surface area contributed by atoms with Gasteiger partial charge in [-0.1, -0.05) is 17.3 Å². The van der Waals surface area contributed by atoms with Crippen LogP contribution in [0.25, 0.3) is 11.4 Å². The van der Waals surface area contributed by atoms with Crippen molar-refractivity contribution in [1.82, 2.24) is 15.0 Å². The lowest BCUT2D eigenvalue weighted by Crippen LogP contribution is -2.51. The molecule has 1 aliphatic rings. The molecule has 2 unspecified atom stereocenters. The van der Waals surface area contributed by atoms with Crippen LogP contribution in [0, 0.1) is 0 Å². The topological polar surface area (TPSA) is 85.2 Å². The summed E-state index contributed by atoms with van der Waals surface area (Å²) in [4.78, 5) is 18.6. The first-order valence-electron chi connectivity index (χ1n) is 7.60. The average molecular weight is 337 g/mol. The Balaban J connectivity index is 0.00000192. The van der Waals surface area contributed by atoms with Crippen molar-refractivity contribution < 1.29 is 9.32 Å². The molecule has 2 N–H and O–H groups in total. The van der Waals surface area contributed by atoms with Crippen molar-refractivity contribution in [2.24, 2.45) is 5.73 Å². The summed E-state index contributed by atoms with van der Waals surface area (Å²) in [6.45, 7) is 2.74. The number of hydrogen-bond acceptors (Lipinski definition) is 5. The summed E-state index contributed by atoms with van der Waals surface area (Å²) in [6.07, 6.45) is 4.43. The third kappa shape index (κ3) is 3.71. The molecule has 0 spiro atoms. The molecule has 124 valence electrons. The van der Waals surface area contributed by atoms with Crippen LogP contribution in [0.4, 0.5) is 0 Å². The van der Waals surface area contributed by atoms with Gasteiger partial charge in [0.15, 0.2) is 0 Å². The SMILES string of the molecule is CC(N)C1CCCCN1C(=O)c1ccc(-c2ncon2)cc1.Cl. The highest BCUT2D eigenvalue weighted by atomic mass is 35.5. The van der Waals surface area contributed by atoms with Crippen LogP contribution in [-0.4, -0.2) is 39.6 Å². The van der Waals surface area contributed by atoms with Crippen molar-refractivity contribution in [3.05, 3.63) is 36.2 Å². The number of piperidine rings is 1. The minimum absolute atomic E-state index is 0. The van der Waals surface area contributed by atoms with Crippen LogP contribution in [0.5, 0.6) is 0 Å². The lowest BCUT2D eigenvalue weighted by atomic mass is 9.96. The van der Waals surface area contributed by atoms with Crippen molar-refractivity contribution in [3.63, 3.8) is 0 Å². The summed E-state index contributed by atoms with van der Waals surface area (Å²) in [7, 11) is 0. The quantitative estimate of drug-likeness (QED) is 0.930. The van der Waals surface area contributed by atoms with Gasteiger partial charge in [0.25, 0.3) is 5.91 Å². The van der Waals surface area contributed by atoms with Gasteiger partial charge in [0.1, 0.15) is 0 Å². The van der Waals surface area contributed by atoms with E-state index in [-0.39, 0.29) is 30.4 Å². The second-order valence-corrected chi connectivity index (χ2v) is 5.75. The summed E-state index contributed by atoms with van der Waals surface area (Å²) in [5.74, 6) is 0.562. The first kappa shape index (κ1) is 17.4. The van der Waals surface area contributed by atoms with Gasteiger partial charge in [-0.25, -0.2) is 0 Å². The van der Waals surface area contributed by atoms with Crippen LogP contribution in [0.3, 0.4) is 0 Å². The molecule has 7 heteroatoms. The number of carbonyl (C=O) groups excluding carboxylic acids is 1. The molecule has 2 aromatic rings. The van der Waals surface area contributed by atoms with E-state index in [0.29, 0.717) is 11.4 Å². The van der Waals surface area contributed by atoms with E-state index in [2.05, 4.69) is 10.1 Å². The predicted octanol–water partition coefficient (Wildman–Crippen LogP) is 2.50. The first-order chi connectivity index (χ1) is 10.7. The van der Waals surface area contributed by atoms with E-state index >= 15 is 0 Å². The molecule has 1 amide bonds. The van der Waals surface area contributed by atoms with E-state index in [1.54, 1.807) is 12.1 Å². The number of carbonyl (C=O) groups is 1. The first-order valence-corrected chi connectivity index (χ1v) is 7.60. The predicted molar refractivity (Wildman–Crippen MR) is 89.3 cm³/mol. The van der Waals surface area contributed by atoms with E-state index in [0.717, 1.165) is 31.4 Å². The van der Waals surface area contributed by atoms with E-state index in [9.17, 15) is 4.79 Å². The highest BCUT2D eigenvalue weighted by Gasteiger charge is 2.29. The van der Waals surface area contributed by atoms with Gasteiger partial charge in [0, 0.05) is 29.8 Å². The van der Waals surface area contributed by atoms with E-state index in [1.807, 2.05) is 24.0 Å². The standard InChI is InChI=1S/C16H20N4O2.ClH/c1-11(17)14-4-2-3-9-20(14)16(21)13-7-5-12(6-8-13)15-18-10-22-19-15;/h5-8,10-11,14H,2-4,9,17H2,1H3;1H. The molecular weight excluding hydrogens is 316 g/mol. The fourth-order valence-electron chi connectivity index (χ4n) is 2.98. The molecule has 6 nitrogen and oxygen atoms in total. The van der Waals surface area contributed by atoms with Gasteiger partial charge in [0.05, 0.1) is 0 Å². The van der Waals surface area contributed by atoms with Crippen LogP contribution >= 0.6 is 12.4 Å². The minimum atomic E-state index is -0.0112. The molecule has 1 aliphatic heterocycles. The summed E-state index contributed by atoms with van der Waals surface area (Å²) in [5.41, 5.74) is 7.53. The molecule has 0 bridgehead atoms. The van der Waals surface area contributed by atoms with Crippen LogP contribution < -0.4 is 5.73 Å². The van der Waals surface area contributed by atoms with Crippen molar-refractivity contribution in [2.45, 2.75) is 38.3 Å². The fraction of sp³-hybridized carbons (Fsp3) is 0.438. The van der Waals surface area contributed by atoms with Crippen LogP contribution in [0.15, 0.2) is 35.2 Å². The maximum absolute atomic E-state index is 12.7. The highest BCUT2D eigenvalue weighted by Crippen LogP contribution is 2.22. The zero-order valence-corrected chi connectivity index (χ0v) is 13.8. The lowest BCUT2D eigenvalue weighted by molar-refractivity contribution is 0.0584. The second-order valence-electron chi connectivity index (χ2n) is 5.75. The van der Waals surface area contributed by atoms with Gasteiger partial charge in [-0.2, -0.15) is 4.98 Å². The number of benzene rings is 1. The lowest BCUT2D eigenvalue weighted by Gasteiger charge is -2.38. The summed E-state index contributed by atoms with van der Waals surface area (Å²) < 4.78 is 4.73. The number of hydrogen-bond donors (Lipinski definition) is 1. The van der Waals surface area contributed by atoms with Gasteiger partial charge in [-0.15, -0.1) is 12.4 Å². The molecular formula is C16H21ClN4O2. The third-order valence-electron chi connectivity index (χ3n) is 4.17. The van der Waals surface area contributed by atoms with Crippen LogP contribution in [0.2, 0.25) is 0 Å². The zero-order chi connectivity index (χ0) is 15.5. The molecule has 1 aromatic heterocycles. The maximum atomic E-state index is 12.7. The van der Waals surface area contributed by atoms with Gasteiger partial charge in [-0.3, -0.25) is 4.79 Å². The molecule has 0 saturated carbocycles. The molecule has 23 heavy (non-hydrogen) atoms. The number of aromatic nitrogens is 2. The number of likely N-dealkylation sites (tertiary alicyclic amines) is 1. The molecule has 1 aromatic carbocycles. The Hall–Kier alpha value is -1.92. The number of rotatable bonds is 3. The Bertz CT molecular complexity index is 628. The summed E-state index contributed by atoms with van der Waals surface area (Å²) in [6, 6.07) is 7.40. The van der Waals surface area contributed by atoms with Gasteiger partial charge < -0.3 is 15.2 Å². The Labute approximate surface area is 141 Å². The Morgan fingerprint density at radius 1 is 1.35 bits per heavy atom. The molecule has 1 saturated heterocycles. The van der Waals surface area contributed by atoms with E-state index < -0.39 is 0 Å². The number of nitrogens with two attached hydrogens (primary N) is 1.